The van der Waals surface area contributed by atoms with Crippen molar-refractivity contribution in [3.05, 3.63) is 83.6 Å². The lowest BCUT2D eigenvalue weighted by Crippen LogP contribution is -2.44. The van der Waals surface area contributed by atoms with Crippen molar-refractivity contribution >= 4 is 45.9 Å². The van der Waals surface area contributed by atoms with Crippen molar-refractivity contribution in [3.63, 3.8) is 0 Å². The van der Waals surface area contributed by atoms with Crippen LogP contribution in [0.15, 0.2) is 73.1 Å². The van der Waals surface area contributed by atoms with Crippen molar-refractivity contribution in [2.24, 2.45) is 0 Å². The monoisotopic (exact) mass is 562 g/mol. The maximum absolute atomic E-state index is 14.1. The number of anilines is 2. The van der Waals surface area contributed by atoms with Crippen LogP contribution in [-0.4, -0.2) is 46.3 Å². The van der Waals surface area contributed by atoms with Gasteiger partial charge >= 0.3 is 5.97 Å². The standard InChI is InChI=1S/C31H35ClN4O4/c1-5-7-8-18-31(6-2,30(38)39)40-26-11-9-10-22(19-26)29(37)36(24-14-12-23(32)13-15-24)35-21-33-27-20-25(34(3)4)16-17-28(27)35/h9-17,19-21H,5-8,18H2,1-4H3,(H,38,39). The number of carbonyl (C=O) groups excluding carboxylic acids is 1. The first-order valence-electron chi connectivity index (χ1n) is 13.5. The number of amides is 1. The maximum Gasteiger partial charge on any atom is 0.348 e. The number of hydrogen-bond acceptors (Lipinski definition) is 5. The average Bonchev–Trinajstić information content (AvgIpc) is 3.36. The van der Waals surface area contributed by atoms with Crippen molar-refractivity contribution in [2.45, 2.75) is 51.6 Å². The third-order valence-corrected chi connectivity index (χ3v) is 7.30. The van der Waals surface area contributed by atoms with E-state index in [0.717, 1.165) is 36.0 Å². The van der Waals surface area contributed by atoms with Gasteiger partial charge in [0.05, 0.1) is 16.7 Å². The number of carboxylic acid groups (broad SMARTS) is 1. The second-order valence-electron chi connectivity index (χ2n) is 9.99. The number of benzene rings is 3. The first-order valence-corrected chi connectivity index (χ1v) is 13.8. The van der Waals surface area contributed by atoms with Crippen LogP contribution in [0.1, 0.15) is 56.3 Å². The van der Waals surface area contributed by atoms with Crippen LogP contribution in [0, 0.1) is 0 Å². The molecule has 1 aromatic heterocycles. The van der Waals surface area contributed by atoms with Gasteiger partial charge in [0.15, 0.2) is 0 Å². The Balaban J connectivity index is 1.74. The number of aliphatic carboxylic acids is 1. The Morgan fingerprint density at radius 2 is 1.73 bits per heavy atom. The van der Waals surface area contributed by atoms with Crippen LogP contribution in [0.3, 0.4) is 0 Å². The van der Waals surface area contributed by atoms with Crippen molar-refractivity contribution in [1.82, 2.24) is 9.66 Å². The molecule has 40 heavy (non-hydrogen) atoms. The number of halogens is 1. The van der Waals surface area contributed by atoms with Gasteiger partial charge in [-0.2, -0.15) is 0 Å². The molecule has 0 aliphatic rings. The van der Waals surface area contributed by atoms with Crippen molar-refractivity contribution < 1.29 is 19.4 Å². The fourth-order valence-electron chi connectivity index (χ4n) is 4.65. The summed E-state index contributed by atoms with van der Waals surface area (Å²) in [6.45, 7) is 3.88. The van der Waals surface area contributed by atoms with E-state index in [1.54, 1.807) is 59.5 Å². The van der Waals surface area contributed by atoms with Gasteiger partial charge in [0.2, 0.25) is 5.60 Å². The third-order valence-electron chi connectivity index (χ3n) is 7.05. The molecule has 4 aromatic rings. The molecule has 1 N–H and O–H groups in total. The summed E-state index contributed by atoms with van der Waals surface area (Å²) in [5, 5.41) is 12.1. The molecule has 0 saturated heterocycles. The third kappa shape index (κ3) is 6.07. The number of unbranched alkanes of at least 4 members (excludes halogenated alkanes) is 2. The largest absolute Gasteiger partial charge is 0.478 e. The predicted octanol–water partition coefficient (Wildman–Crippen LogP) is 7.06. The van der Waals surface area contributed by atoms with E-state index in [0.29, 0.717) is 34.9 Å². The molecule has 4 rings (SSSR count). The number of carboxylic acids is 1. The van der Waals surface area contributed by atoms with E-state index in [1.165, 1.54) is 5.01 Å². The minimum atomic E-state index is -1.36. The highest BCUT2D eigenvalue weighted by Gasteiger charge is 2.39. The molecule has 0 spiro atoms. The van der Waals surface area contributed by atoms with Gasteiger partial charge in [-0.25, -0.2) is 19.5 Å². The van der Waals surface area contributed by atoms with E-state index in [-0.39, 0.29) is 5.91 Å². The molecule has 210 valence electrons. The van der Waals surface area contributed by atoms with Crippen molar-refractivity contribution in [2.75, 3.05) is 24.0 Å². The Labute approximate surface area is 239 Å². The SMILES string of the molecule is CCCCCC(CC)(Oc1cccc(C(=O)N(c2ccc(Cl)cc2)n2cnc3cc(N(C)C)ccc32)c1)C(=O)O. The van der Waals surface area contributed by atoms with Crippen LogP contribution in [0.25, 0.3) is 11.0 Å². The second-order valence-corrected chi connectivity index (χ2v) is 10.4. The fourth-order valence-corrected chi connectivity index (χ4v) is 4.78. The number of carbonyl (C=O) groups is 2. The topological polar surface area (TPSA) is 87.9 Å². The van der Waals surface area contributed by atoms with E-state index >= 15 is 0 Å². The molecule has 0 aliphatic heterocycles. The van der Waals surface area contributed by atoms with Crippen molar-refractivity contribution in [3.8, 4) is 5.75 Å². The van der Waals surface area contributed by atoms with Gasteiger partial charge < -0.3 is 14.7 Å². The lowest BCUT2D eigenvalue weighted by Gasteiger charge is -2.30. The highest BCUT2D eigenvalue weighted by molar-refractivity contribution is 6.30. The molecular weight excluding hydrogens is 528 g/mol. The minimum absolute atomic E-state index is 0.303. The lowest BCUT2D eigenvalue weighted by atomic mass is 9.93. The van der Waals surface area contributed by atoms with Gasteiger partial charge in [-0.15, -0.1) is 0 Å². The van der Waals surface area contributed by atoms with Gasteiger partial charge in [-0.1, -0.05) is 44.4 Å². The number of aromatic nitrogens is 2. The summed E-state index contributed by atoms with van der Waals surface area (Å²) in [4.78, 5) is 33.0. The number of fused-ring (bicyclic) bond motifs is 1. The molecule has 1 unspecified atom stereocenters. The predicted molar refractivity (Wildman–Crippen MR) is 160 cm³/mol. The summed E-state index contributed by atoms with van der Waals surface area (Å²) in [7, 11) is 3.91. The number of rotatable bonds is 12. The summed E-state index contributed by atoms with van der Waals surface area (Å²) in [6.07, 6.45) is 4.93. The van der Waals surface area contributed by atoms with Crippen molar-refractivity contribution in [1.29, 1.82) is 0 Å². The molecular formula is C31H35ClN4O4. The zero-order valence-electron chi connectivity index (χ0n) is 23.3. The van der Waals surface area contributed by atoms with E-state index in [4.69, 9.17) is 16.3 Å². The molecule has 1 amide bonds. The second kappa shape index (κ2) is 12.4. The summed E-state index contributed by atoms with van der Waals surface area (Å²) in [5.74, 6) is -1.02. The molecule has 0 aliphatic carbocycles. The number of hydrogen-bond donors (Lipinski definition) is 1. The highest BCUT2D eigenvalue weighted by Crippen LogP contribution is 2.30. The fraction of sp³-hybridized carbons (Fsp3) is 0.323. The van der Waals surface area contributed by atoms with Gasteiger partial charge in [0.25, 0.3) is 5.91 Å². The van der Waals surface area contributed by atoms with Gasteiger partial charge in [0, 0.05) is 30.4 Å². The molecule has 8 nitrogen and oxygen atoms in total. The Hall–Kier alpha value is -4.04. The summed E-state index contributed by atoms with van der Waals surface area (Å²) >= 11 is 6.16. The highest BCUT2D eigenvalue weighted by atomic mass is 35.5. The number of imidazole rings is 1. The van der Waals surface area contributed by atoms with E-state index in [2.05, 4.69) is 11.9 Å². The zero-order valence-corrected chi connectivity index (χ0v) is 24.1. The van der Waals surface area contributed by atoms with Gasteiger partial charge in [0.1, 0.15) is 12.1 Å². The van der Waals surface area contributed by atoms with Gasteiger partial charge in [-0.05, 0) is 79.9 Å². The van der Waals surface area contributed by atoms with Crippen LogP contribution in [0.5, 0.6) is 5.75 Å². The Morgan fingerprint density at radius 3 is 2.38 bits per heavy atom. The van der Waals surface area contributed by atoms with E-state index in [1.807, 2.05) is 44.1 Å². The normalized spacial score (nSPS) is 12.6. The van der Waals surface area contributed by atoms with E-state index < -0.39 is 11.6 Å². The zero-order chi connectivity index (χ0) is 28.9. The minimum Gasteiger partial charge on any atom is -0.478 e. The average molecular weight is 563 g/mol. The number of nitrogens with zero attached hydrogens (tertiary/aromatic N) is 4. The van der Waals surface area contributed by atoms with Crippen LogP contribution in [0.2, 0.25) is 5.02 Å². The Morgan fingerprint density at radius 1 is 1.00 bits per heavy atom. The summed E-state index contributed by atoms with van der Waals surface area (Å²) in [6, 6.07) is 19.5. The molecule has 0 bridgehead atoms. The van der Waals surface area contributed by atoms with E-state index in [9.17, 15) is 14.7 Å². The van der Waals surface area contributed by atoms with Crippen LogP contribution >= 0.6 is 11.6 Å². The molecule has 0 saturated carbocycles. The molecule has 9 heteroatoms. The summed E-state index contributed by atoms with van der Waals surface area (Å²) < 4.78 is 7.84. The summed E-state index contributed by atoms with van der Waals surface area (Å²) in [5.41, 5.74) is 2.03. The smallest absolute Gasteiger partial charge is 0.348 e. The maximum atomic E-state index is 14.1. The molecule has 0 fully saturated rings. The van der Waals surface area contributed by atoms with Crippen LogP contribution in [-0.2, 0) is 4.79 Å². The number of ether oxygens (including phenoxy) is 1. The molecule has 1 atom stereocenters. The molecule has 0 radical (unpaired) electrons. The Kier molecular flexibility index (Phi) is 9.00. The molecule has 3 aromatic carbocycles. The van der Waals surface area contributed by atoms with Crippen LogP contribution < -0.4 is 14.6 Å². The lowest BCUT2D eigenvalue weighted by molar-refractivity contribution is -0.156. The van der Waals surface area contributed by atoms with Crippen LogP contribution in [0.4, 0.5) is 11.4 Å². The molecule has 1 heterocycles. The first kappa shape index (κ1) is 29.0. The quantitative estimate of drug-likeness (QED) is 0.186. The first-order chi connectivity index (χ1) is 19.2. The Bertz CT molecular complexity index is 1480. The van der Waals surface area contributed by atoms with Gasteiger partial charge in [-0.3, -0.25) is 4.79 Å².